The number of benzene rings is 1. The van der Waals surface area contributed by atoms with Crippen molar-refractivity contribution in [3.63, 3.8) is 0 Å². The van der Waals surface area contributed by atoms with Crippen molar-refractivity contribution in [2.75, 3.05) is 11.1 Å². The van der Waals surface area contributed by atoms with Crippen molar-refractivity contribution in [3.05, 3.63) is 41.2 Å². The minimum absolute atomic E-state index is 0.0804. The number of halogens is 3. The summed E-state index contributed by atoms with van der Waals surface area (Å²) >= 11 is 0. The Bertz CT molecular complexity index is 843. The molecule has 8 heteroatoms. The quantitative estimate of drug-likeness (QED) is 0.678. The molecule has 2 heterocycles. The highest BCUT2D eigenvalue weighted by molar-refractivity contribution is 5.87. The van der Waals surface area contributed by atoms with E-state index in [1.165, 1.54) is 13.0 Å². The first-order chi connectivity index (χ1) is 9.97. The van der Waals surface area contributed by atoms with Gasteiger partial charge in [0.05, 0.1) is 11.1 Å². The molecule has 0 aliphatic rings. The number of nitrogens with zero attached hydrogens (tertiary/aromatic N) is 2. The highest BCUT2D eigenvalue weighted by Gasteiger charge is 2.15. The maximum Gasteiger partial charge on any atom is 0.185 e. The fourth-order valence-electron chi connectivity index (χ4n) is 1.91. The maximum atomic E-state index is 14.0. The molecule has 3 rings (SSSR count). The summed E-state index contributed by atoms with van der Waals surface area (Å²) in [5.41, 5.74) is 5.51. The number of aromatic amines is 1. The Morgan fingerprint density at radius 1 is 1.19 bits per heavy atom. The van der Waals surface area contributed by atoms with Crippen LogP contribution < -0.4 is 11.1 Å². The first-order valence-corrected chi connectivity index (χ1v) is 5.99. The third-order valence-corrected chi connectivity index (χ3v) is 3.10. The van der Waals surface area contributed by atoms with Gasteiger partial charge in [0.2, 0.25) is 0 Å². The van der Waals surface area contributed by atoms with Gasteiger partial charge in [-0.15, -0.1) is 0 Å². The van der Waals surface area contributed by atoms with E-state index in [2.05, 4.69) is 20.5 Å². The van der Waals surface area contributed by atoms with E-state index in [4.69, 9.17) is 5.73 Å². The molecule has 0 unspecified atom stereocenters. The lowest BCUT2D eigenvalue weighted by molar-refractivity contribution is 0.570. The number of nitrogen functional groups attached to an aromatic ring is 1. The standard InChI is InChI=1S/C13H10F3N5/c1-5-7(14)2-3-9(10(5)16)18-13-8(15)4-6-11(17)20-21-12(6)19-13/h2-4H,1H3,(H4,17,18,19,20,21). The highest BCUT2D eigenvalue weighted by atomic mass is 19.1. The summed E-state index contributed by atoms with van der Waals surface area (Å²) in [5, 5.41) is 9.08. The van der Waals surface area contributed by atoms with E-state index in [-0.39, 0.29) is 28.5 Å². The lowest BCUT2D eigenvalue weighted by Crippen LogP contribution is -2.02. The molecule has 0 radical (unpaired) electrons. The minimum atomic E-state index is -0.808. The van der Waals surface area contributed by atoms with Gasteiger partial charge in [-0.3, -0.25) is 5.10 Å². The predicted octanol–water partition coefficient (Wildman–Crippen LogP) is 3.01. The van der Waals surface area contributed by atoms with E-state index in [9.17, 15) is 13.2 Å². The van der Waals surface area contributed by atoms with Crippen LogP contribution in [0.3, 0.4) is 0 Å². The highest BCUT2D eigenvalue weighted by Crippen LogP contribution is 2.27. The summed E-state index contributed by atoms with van der Waals surface area (Å²) in [6.45, 7) is 1.29. The Kier molecular flexibility index (Phi) is 2.93. The number of nitrogens with two attached hydrogens (primary N) is 1. The van der Waals surface area contributed by atoms with Gasteiger partial charge in [0.15, 0.2) is 23.1 Å². The number of fused-ring (bicyclic) bond motifs is 1. The summed E-state index contributed by atoms with van der Waals surface area (Å²) in [7, 11) is 0. The second-order valence-electron chi connectivity index (χ2n) is 4.49. The second kappa shape index (κ2) is 4.65. The Hall–Kier alpha value is -2.77. The van der Waals surface area contributed by atoms with Gasteiger partial charge in [-0.25, -0.2) is 18.2 Å². The molecular formula is C13H10F3N5. The van der Waals surface area contributed by atoms with Crippen molar-refractivity contribution in [1.29, 1.82) is 0 Å². The molecule has 0 amide bonds. The average molecular weight is 293 g/mol. The van der Waals surface area contributed by atoms with Crippen molar-refractivity contribution in [2.45, 2.75) is 6.92 Å². The van der Waals surface area contributed by atoms with Gasteiger partial charge in [0.25, 0.3) is 0 Å². The molecule has 4 N–H and O–H groups in total. The molecule has 2 aromatic heterocycles. The number of H-pyrrole nitrogens is 1. The maximum absolute atomic E-state index is 14.0. The van der Waals surface area contributed by atoms with Crippen LogP contribution in [0.2, 0.25) is 0 Å². The summed E-state index contributed by atoms with van der Waals surface area (Å²) in [6, 6.07) is 3.39. The van der Waals surface area contributed by atoms with E-state index in [1.807, 2.05) is 0 Å². The first-order valence-electron chi connectivity index (χ1n) is 5.99. The zero-order valence-electron chi connectivity index (χ0n) is 10.8. The summed E-state index contributed by atoms with van der Waals surface area (Å²) < 4.78 is 41.1. The van der Waals surface area contributed by atoms with Crippen LogP contribution >= 0.6 is 0 Å². The predicted molar refractivity (Wildman–Crippen MR) is 72.6 cm³/mol. The van der Waals surface area contributed by atoms with Crippen LogP contribution in [-0.4, -0.2) is 15.2 Å². The second-order valence-corrected chi connectivity index (χ2v) is 4.49. The molecule has 3 aromatic rings. The van der Waals surface area contributed by atoms with Crippen molar-refractivity contribution >= 4 is 28.4 Å². The number of anilines is 3. The number of rotatable bonds is 2. The molecule has 0 saturated carbocycles. The van der Waals surface area contributed by atoms with Crippen LogP contribution in [-0.2, 0) is 0 Å². The van der Waals surface area contributed by atoms with Crippen LogP contribution in [0.5, 0.6) is 0 Å². The lowest BCUT2D eigenvalue weighted by atomic mass is 10.2. The zero-order valence-corrected chi connectivity index (χ0v) is 10.8. The third kappa shape index (κ3) is 2.14. The monoisotopic (exact) mass is 293 g/mol. The molecule has 0 aliphatic heterocycles. The van der Waals surface area contributed by atoms with Gasteiger partial charge < -0.3 is 11.1 Å². The normalized spacial score (nSPS) is 11.0. The lowest BCUT2D eigenvalue weighted by Gasteiger charge is -2.09. The molecule has 0 fully saturated rings. The Balaban J connectivity index is 2.06. The molecule has 0 spiro atoms. The first kappa shape index (κ1) is 13.2. The molecular weight excluding hydrogens is 283 g/mol. The largest absolute Gasteiger partial charge is 0.384 e. The van der Waals surface area contributed by atoms with Crippen molar-refractivity contribution in [1.82, 2.24) is 15.2 Å². The van der Waals surface area contributed by atoms with Crippen LogP contribution in [0.4, 0.5) is 30.5 Å². The van der Waals surface area contributed by atoms with E-state index >= 15 is 0 Å². The van der Waals surface area contributed by atoms with E-state index in [0.717, 1.165) is 12.1 Å². The van der Waals surface area contributed by atoms with Gasteiger partial charge in [0.1, 0.15) is 11.6 Å². The van der Waals surface area contributed by atoms with Gasteiger partial charge in [-0.05, 0) is 25.1 Å². The van der Waals surface area contributed by atoms with Crippen LogP contribution in [0.1, 0.15) is 5.56 Å². The Labute approximate surface area is 117 Å². The number of aromatic nitrogens is 3. The topological polar surface area (TPSA) is 79.6 Å². The van der Waals surface area contributed by atoms with Gasteiger partial charge in [-0.1, -0.05) is 0 Å². The smallest absolute Gasteiger partial charge is 0.185 e. The molecule has 5 nitrogen and oxygen atoms in total. The molecule has 0 saturated heterocycles. The van der Waals surface area contributed by atoms with E-state index < -0.39 is 17.5 Å². The molecule has 0 aliphatic carbocycles. The van der Waals surface area contributed by atoms with Crippen molar-refractivity contribution in [2.24, 2.45) is 0 Å². The Morgan fingerprint density at radius 2 is 1.95 bits per heavy atom. The number of hydrogen-bond acceptors (Lipinski definition) is 4. The molecule has 0 bridgehead atoms. The number of nitrogens with one attached hydrogen (secondary N) is 2. The zero-order chi connectivity index (χ0) is 15.1. The number of hydrogen-bond donors (Lipinski definition) is 3. The van der Waals surface area contributed by atoms with Gasteiger partial charge >= 0.3 is 0 Å². The van der Waals surface area contributed by atoms with E-state index in [1.54, 1.807) is 0 Å². The van der Waals surface area contributed by atoms with Crippen molar-refractivity contribution < 1.29 is 13.2 Å². The fourth-order valence-corrected chi connectivity index (χ4v) is 1.91. The fraction of sp³-hybridized carbons (Fsp3) is 0.0769. The number of pyridine rings is 1. The molecule has 21 heavy (non-hydrogen) atoms. The SMILES string of the molecule is Cc1c(F)ccc(Nc2nc3n[nH]c(N)c3cc2F)c1F. The summed E-state index contributed by atoms with van der Waals surface area (Å²) in [5.74, 6) is -2.25. The van der Waals surface area contributed by atoms with E-state index in [0.29, 0.717) is 5.39 Å². The third-order valence-electron chi connectivity index (χ3n) is 3.10. The Morgan fingerprint density at radius 3 is 2.71 bits per heavy atom. The summed E-state index contributed by atoms with van der Waals surface area (Å²) in [6.07, 6.45) is 0. The summed E-state index contributed by atoms with van der Waals surface area (Å²) in [4.78, 5) is 3.92. The average Bonchev–Trinajstić information content (AvgIpc) is 2.81. The van der Waals surface area contributed by atoms with Crippen molar-refractivity contribution in [3.8, 4) is 0 Å². The minimum Gasteiger partial charge on any atom is -0.384 e. The van der Waals surface area contributed by atoms with Crippen LogP contribution in [0.15, 0.2) is 18.2 Å². The molecule has 108 valence electrons. The van der Waals surface area contributed by atoms with Gasteiger partial charge in [0, 0.05) is 5.56 Å². The van der Waals surface area contributed by atoms with Gasteiger partial charge in [-0.2, -0.15) is 5.10 Å². The molecule has 0 atom stereocenters. The van der Waals surface area contributed by atoms with Crippen LogP contribution in [0.25, 0.3) is 11.0 Å². The molecule has 1 aromatic carbocycles. The van der Waals surface area contributed by atoms with Crippen LogP contribution in [0, 0.1) is 24.4 Å².